The van der Waals surface area contributed by atoms with Gasteiger partial charge < -0.3 is 9.47 Å². The van der Waals surface area contributed by atoms with Gasteiger partial charge in [0.1, 0.15) is 16.9 Å². The zero-order valence-electron chi connectivity index (χ0n) is 38.7. The van der Waals surface area contributed by atoms with Crippen molar-refractivity contribution < 1.29 is 62.2 Å². The molecule has 0 saturated heterocycles. The number of methoxy groups -OCH3 is 2. The van der Waals surface area contributed by atoms with Crippen LogP contribution >= 0.6 is 0 Å². The number of benzene rings is 5. The lowest BCUT2D eigenvalue weighted by molar-refractivity contribution is -0.144. The SMILES string of the molecule is COC1=C(C(C)(C)C)[C+]=C2C(=C1c1cc(C(F)(F)F)cc(C(F)(F)F)c1)[C@@H](C)N(C(C)c1cccc3ccccc13)Cc1c2cc(C(C)(C)C)c(OC)c1-c1cc(C(F)(F)F)cc(C(F)(F)F)c1. The fourth-order valence-corrected chi connectivity index (χ4v) is 9.39. The van der Waals surface area contributed by atoms with Gasteiger partial charge in [0.2, 0.25) is 5.76 Å². The first-order chi connectivity index (χ1) is 31.3. The first-order valence-electron chi connectivity index (χ1n) is 21.5. The Kier molecular flexibility index (Phi) is 12.5. The molecule has 0 bridgehead atoms. The first-order valence-corrected chi connectivity index (χ1v) is 21.5. The predicted octanol–water partition coefficient (Wildman–Crippen LogP) is 16.5. The molecule has 3 nitrogen and oxygen atoms in total. The summed E-state index contributed by atoms with van der Waals surface area (Å²) in [5, 5.41) is 1.61. The Morgan fingerprint density at radius 2 is 1.12 bits per heavy atom. The molecule has 1 unspecified atom stereocenters. The van der Waals surface area contributed by atoms with Gasteiger partial charge in [0.05, 0.1) is 53.7 Å². The van der Waals surface area contributed by atoms with Crippen molar-refractivity contribution in [2.24, 2.45) is 5.41 Å². The predicted molar refractivity (Wildman–Crippen MR) is 238 cm³/mol. The lowest BCUT2D eigenvalue weighted by atomic mass is 9.72. The van der Waals surface area contributed by atoms with E-state index in [2.05, 4.69) is 6.08 Å². The number of hydrogen-bond donors (Lipinski definition) is 0. The van der Waals surface area contributed by atoms with Crippen LogP contribution < -0.4 is 4.74 Å². The van der Waals surface area contributed by atoms with E-state index in [1.54, 1.807) is 54.5 Å². The fourth-order valence-electron chi connectivity index (χ4n) is 9.39. The summed E-state index contributed by atoms with van der Waals surface area (Å²) in [6, 6.07) is 15.5. The molecule has 0 spiro atoms. The maximum absolute atomic E-state index is 14.7. The van der Waals surface area contributed by atoms with Gasteiger partial charge in [-0.25, -0.2) is 0 Å². The zero-order chi connectivity index (χ0) is 50.4. The molecule has 2 atom stereocenters. The molecule has 2 aliphatic rings. The van der Waals surface area contributed by atoms with Gasteiger partial charge in [-0.3, -0.25) is 4.90 Å². The Balaban J connectivity index is 1.75. The van der Waals surface area contributed by atoms with Crippen molar-refractivity contribution in [3.8, 4) is 16.9 Å². The van der Waals surface area contributed by atoms with E-state index in [1.807, 2.05) is 54.3 Å². The van der Waals surface area contributed by atoms with Crippen molar-refractivity contribution in [1.29, 1.82) is 0 Å². The average Bonchev–Trinajstić information content (AvgIpc) is 3.35. The van der Waals surface area contributed by atoms with E-state index in [0.717, 1.165) is 16.3 Å². The van der Waals surface area contributed by atoms with E-state index in [-0.39, 0.29) is 69.2 Å². The molecule has 5 aromatic rings. The van der Waals surface area contributed by atoms with Gasteiger partial charge in [0.25, 0.3) is 0 Å². The molecule has 0 fully saturated rings. The van der Waals surface area contributed by atoms with Gasteiger partial charge in [-0.1, -0.05) is 84.0 Å². The Bertz CT molecular complexity index is 2830. The van der Waals surface area contributed by atoms with Crippen LogP contribution in [-0.4, -0.2) is 25.2 Å². The van der Waals surface area contributed by atoms with Crippen LogP contribution in [0.4, 0.5) is 52.7 Å². The molecule has 5 aromatic carbocycles. The van der Waals surface area contributed by atoms with Crippen molar-refractivity contribution in [2.75, 3.05) is 14.2 Å². The highest BCUT2D eigenvalue weighted by Crippen LogP contribution is 2.56. The topological polar surface area (TPSA) is 21.7 Å². The summed E-state index contributed by atoms with van der Waals surface area (Å²) < 4.78 is 189. The van der Waals surface area contributed by atoms with Crippen molar-refractivity contribution in [3.63, 3.8) is 0 Å². The lowest BCUT2D eigenvalue weighted by Gasteiger charge is -2.35. The fraction of sp³-hybridized carbons (Fsp3) is 0.358. The molecular formula is C53H48F12NO2+. The molecule has 0 N–H and O–H groups in total. The highest BCUT2D eigenvalue weighted by molar-refractivity contribution is 6.01. The minimum Gasteiger partial charge on any atom is -0.496 e. The molecule has 360 valence electrons. The summed E-state index contributed by atoms with van der Waals surface area (Å²) in [6.45, 7) is 13.8. The summed E-state index contributed by atoms with van der Waals surface area (Å²) in [4.78, 5) is 1.87. The first kappa shape index (κ1) is 50.1. The minimum atomic E-state index is -5.24. The molecule has 0 saturated carbocycles. The monoisotopic (exact) mass is 958 g/mol. The largest absolute Gasteiger partial charge is 0.496 e. The van der Waals surface area contributed by atoms with E-state index in [9.17, 15) is 52.7 Å². The Morgan fingerprint density at radius 3 is 1.59 bits per heavy atom. The molecular weight excluding hydrogens is 911 g/mol. The molecule has 7 rings (SSSR count). The van der Waals surface area contributed by atoms with Crippen molar-refractivity contribution in [1.82, 2.24) is 4.90 Å². The number of nitrogens with zero attached hydrogens (tertiary/aromatic N) is 1. The molecule has 0 radical (unpaired) electrons. The van der Waals surface area contributed by atoms with Gasteiger partial charge in [0.15, 0.2) is 5.57 Å². The van der Waals surface area contributed by atoms with E-state index in [4.69, 9.17) is 9.47 Å². The van der Waals surface area contributed by atoms with Crippen molar-refractivity contribution >= 4 is 21.9 Å². The van der Waals surface area contributed by atoms with E-state index in [0.29, 0.717) is 29.8 Å². The van der Waals surface area contributed by atoms with Gasteiger partial charge in [-0.2, -0.15) is 52.7 Å². The van der Waals surface area contributed by atoms with Crippen molar-refractivity contribution in [3.05, 3.63) is 158 Å². The number of halogens is 12. The van der Waals surface area contributed by atoms with Gasteiger partial charge in [-0.05, 0) is 83.6 Å². The van der Waals surface area contributed by atoms with Crippen LogP contribution in [0.1, 0.15) is 112 Å². The third kappa shape index (κ3) is 9.23. The van der Waals surface area contributed by atoms with Crippen LogP contribution in [0.3, 0.4) is 0 Å². The summed E-state index contributed by atoms with van der Waals surface area (Å²) in [6.07, 6.45) is -17.5. The summed E-state index contributed by atoms with van der Waals surface area (Å²) in [5.41, 5.74) is -7.54. The highest BCUT2D eigenvalue weighted by Gasteiger charge is 2.49. The molecule has 1 aliphatic carbocycles. The number of alkyl halides is 12. The second kappa shape index (κ2) is 17.0. The number of hydrogen-bond acceptors (Lipinski definition) is 3. The molecule has 0 amide bonds. The third-order valence-electron chi connectivity index (χ3n) is 12.6. The third-order valence-corrected chi connectivity index (χ3v) is 12.6. The van der Waals surface area contributed by atoms with E-state index < -0.39 is 81.0 Å². The normalized spacial score (nSPS) is 17.1. The highest BCUT2D eigenvalue weighted by atomic mass is 19.4. The van der Waals surface area contributed by atoms with Crippen LogP contribution in [0.5, 0.6) is 5.75 Å². The second-order valence-corrected chi connectivity index (χ2v) is 19.2. The average molecular weight is 959 g/mol. The molecule has 68 heavy (non-hydrogen) atoms. The van der Waals surface area contributed by atoms with Gasteiger partial charge in [-0.15, -0.1) is 0 Å². The molecule has 0 aromatic heterocycles. The smallest absolute Gasteiger partial charge is 0.416 e. The minimum absolute atomic E-state index is 0.0282. The van der Waals surface area contributed by atoms with E-state index >= 15 is 0 Å². The maximum atomic E-state index is 14.7. The van der Waals surface area contributed by atoms with Crippen LogP contribution in [0.15, 0.2) is 102 Å². The molecule has 1 aliphatic heterocycles. The zero-order valence-corrected chi connectivity index (χ0v) is 38.7. The number of allylic oxidation sites excluding steroid dienone is 3. The Labute approximate surface area is 386 Å². The molecule has 1 heterocycles. The number of rotatable bonds is 6. The maximum Gasteiger partial charge on any atom is 0.416 e. The second-order valence-electron chi connectivity index (χ2n) is 19.2. The van der Waals surface area contributed by atoms with Crippen LogP contribution in [0, 0.1) is 11.5 Å². The summed E-state index contributed by atoms with van der Waals surface area (Å²) in [7, 11) is 2.49. The van der Waals surface area contributed by atoms with Gasteiger partial charge in [0, 0.05) is 46.3 Å². The summed E-state index contributed by atoms with van der Waals surface area (Å²) in [5.74, 6) is -0.107. The van der Waals surface area contributed by atoms with Crippen molar-refractivity contribution in [2.45, 2.75) is 104 Å². The standard InChI is InChI=1S/C53H48F12NO2/c1-27(36-17-13-15-29-14-11-12-16-37(29)36)66-26-40-38(24-41(48(3,4)5)46(67-9)44(40)30-18-32(50(54,55)56)22-33(19-30)51(57,58)59)39-25-42(49(6,7)8)47(68-10)45(43(39)28(66)2)31-20-34(52(60,61)62)23-35(21-31)53(63,64)65/h11-24,27-28H,26H2,1-10H3/q+1/t27?,28-/m1/s1. The molecule has 15 heteroatoms. The quantitative estimate of drug-likeness (QED) is 0.125. The number of fused-ring (bicyclic) bond motifs is 4. The summed E-state index contributed by atoms with van der Waals surface area (Å²) >= 11 is 0. The Morgan fingerprint density at radius 1 is 0.618 bits per heavy atom. The lowest BCUT2D eigenvalue weighted by Crippen LogP contribution is -2.36. The van der Waals surface area contributed by atoms with Gasteiger partial charge >= 0.3 is 24.7 Å². The van der Waals surface area contributed by atoms with Crippen LogP contribution in [-0.2, 0) is 41.4 Å². The number of ether oxygens (including phenoxy) is 2. The van der Waals surface area contributed by atoms with Crippen LogP contribution in [0.2, 0.25) is 0 Å². The van der Waals surface area contributed by atoms with E-state index in [1.165, 1.54) is 14.2 Å². The Hall–Kier alpha value is -5.79. The van der Waals surface area contributed by atoms with Crippen LogP contribution in [0.25, 0.3) is 33.0 Å².